The van der Waals surface area contributed by atoms with E-state index < -0.39 is 0 Å². The van der Waals surface area contributed by atoms with E-state index in [4.69, 9.17) is 11.6 Å². The summed E-state index contributed by atoms with van der Waals surface area (Å²) < 4.78 is 0. The fourth-order valence-electron chi connectivity index (χ4n) is 4.00. The van der Waals surface area contributed by atoms with Gasteiger partial charge >= 0.3 is 0 Å². The van der Waals surface area contributed by atoms with Gasteiger partial charge < -0.3 is 14.7 Å². The molecule has 0 radical (unpaired) electrons. The standard InChI is InChI=1S/C19H28ClN3O/c1-2-21-11-13-23(14-12-21)19(24)17-7-9-22(10-8-17)15-16-3-5-18(20)6-4-16/h3-6,17H,2,7-15H2,1H3/p+2. The number of piperidine rings is 1. The molecule has 2 aliphatic rings. The number of nitrogens with one attached hydrogen (secondary N) is 2. The van der Waals surface area contributed by atoms with Crippen LogP contribution in [0.3, 0.4) is 0 Å². The number of hydrogen-bond donors (Lipinski definition) is 2. The second kappa shape index (κ2) is 8.32. The molecular formula is C19H30ClN3O+2. The number of piperazine rings is 1. The first-order valence-electron chi connectivity index (χ1n) is 9.36. The van der Waals surface area contributed by atoms with Crippen LogP contribution < -0.4 is 9.80 Å². The van der Waals surface area contributed by atoms with Crippen molar-refractivity contribution in [2.45, 2.75) is 26.3 Å². The Kier molecular flexibility index (Phi) is 6.14. The molecule has 2 aliphatic heterocycles. The van der Waals surface area contributed by atoms with Crippen molar-refractivity contribution >= 4 is 17.5 Å². The fraction of sp³-hybridized carbons (Fsp3) is 0.632. The molecule has 0 aromatic heterocycles. The quantitative estimate of drug-likeness (QED) is 0.778. The molecule has 0 saturated carbocycles. The highest BCUT2D eigenvalue weighted by atomic mass is 35.5. The van der Waals surface area contributed by atoms with Crippen LogP contribution in [0.2, 0.25) is 5.02 Å². The summed E-state index contributed by atoms with van der Waals surface area (Å²) in [5, 5.41) is 0.795. The largest absolute Gasteiger partial charge is 0.332 e. The molecule has 1 amide bonds. The first-order valence-corrected chi connectivity index (χ1v) is 9.74. The maximum Gasteiger partial charge on any atom is 0.226 e. The average molecular weight is 352 g/mol. The summed E-state index contributed by atoms with van der Waals surface area (Å²) >= 11 is 5.95. The first-order chi connectivity index (χ1) is 11.7. The summed E-state index contributed by atoms with van der Waals surface area (Å²) in [7, 11) is 0. The molecule has 24 heavy (non-hydrogen) atoms. The van der Waals surface area contributed by atoms with Crippen molar-refractivity contribution in [3.05, 3.63) is 34.9 Å². The molecule has 0 spiro atoms. The highest BCUT2D eigenvalue weighted by Gasteiger charge is 2.32. The molecule has 0 bridgehead atoms. The van der Waals surface area contributed by atoms with E-state index in [1.807, 2.05) is 12.1 Å². The van der Waals surface area contributed by atoms with E-state index in [0.29, 0.717) is 5.91 Å². The average Bonchev–Trinajstić information content (AvgIpc) is 2.64. The number of quaternary nitrogens is 2. The van der Waals surface area contributed by atoms with Crippen LogP contribution in [-0.2, 0) is 11.3 Å². The van der Waals surface area contributed by atoms with Crippen molar-refractivity contribution in [3.63, 3.8) is 0 Å². The maximum absolute atomic E-state index is 12.7. The first kappa shape index (κ1) is 17.7. The Morgan fingerprint density at radius 3 is 2.29 bits per heavy atom. The summed E-state index contributed by atoms with van der Waals surface area (Å²) in [5.41, 5.74) is 1.33. The molecule has 0 aliphatic carbocycles. The third kappa shape index (κ3) is 4.50. The van der Waals surface area contributed by atoms with Crippen molar-refractivity contribution in [1.82, 2.24) is 4.90 Å². The number of halogens is 1. The van der Waals surface area contributed by atoms with Gasteiger partial charge in [-0.2, -0.15) is 0 Å². The lowest BCUT2D eigenvalue weighted by molar-refractivity contribution is -0.919. The molecule has 2 saturated heterocycles. The molecule has 4 nitrogen and oxygen atoms in total. The molecule has 1 aromatic rings. The number of carbonyl (C=O) groups excluding carboxylic acids is 1. The number of hydrogen-bond acceptors (Lipinski definition) is 1. The Balaban J connectivity index is 1.44. The van der Waals surface area contributed by atoms with E-state index in [9.17, 15) is 4.79 Å². The maximum atomic E-state index is 12.7. The summed E-state index contributed by atoms with van der Waals surface area (Å²) in [6.45, 7) is 10.8. The van der Waals surface area contributed by atoms with E-state index >= 15 is 0 Å². The van der Waals surface area contributed by atoms with E-state index in [1.165, 1.54) is 12.1 Å². The normalized spacial score (nSPS) is 25.7. The van der Waals surface area contributed by atoms with Gasteiger partial charge in [0.1, 0.15) is 6.54 Å². The van der Waals surface area contributed by atoms with Crippen LogP contribution in [0.4, 0.5) is 0 Å². The molecule has 0 atom stereocenters. The second-order valence-electron chi connectivity index (χ2n) is 7.26. The number of amides is 1. The number of likely N-dealkylation sites (N-methyl/N-ethyl adjacent to an activating group) is 1. The molecule has 3 rings (SSSR count). The van der Waals surface area contributed by atoms with Crippen molar-refractivity contribution in [2.75, 3.05) is 45.8 Å². The lowest BCUT2D eigenvalue weighted by Gasteiger charge is -2.35. The van der Waals surface area contributed by atoms with Gasteiger partial charge in [-0.3, -0.25) is 4.79 Å². The highest BCUT2D eigenvalue weighted by Crippen LogP contribution is 2.14. The van der Waals surface area contributed by atoms with Crippen molar-refractivity contribution in [2.24, 2.45) is 5.92 Å². The predicted molar refractivity (Wildman–Crippen MR) is 96.4 cm³/mol. The van der Waals surface area contributed by atoms with Crippen LogP contribution in [0, 0.1) is 5.92 Å². The van der Waals surface area contributed by atoms with Crippen molar-refractivity contribution in [3.8, 4) is 0 Å². The topological polar surface area (TPSA) is 29.2 Å². The second-order valence-corrected chi connectivity index (χ2v) is 7.69. The van der Waals surface area contributed by atoms with E-state index in [0.717, 1.165) is 63.7 Å². The molecule has 0 unspecified atom stereocenters. The van der Waals surface area contributed by atoms with Gasteiger partial charge in [-0.05, 0) is 19.1 Å². The Bertz CT molecular complexity index is 532. The minimum absolute atomic E-state index is 0.252. The Morgan fingerprint density at radius 1 is 1.08 bits per heavy atom. The highest BCUT2D eigenvalue weighted by molar-refractivity contribution is 6.30. The van der Waals surface area contributed by atoms with E-state index in [2.05, 4.69) is 24.0 Å². The number of likely N-dealkylation sites (tertiary alicyclic amines) is 1. The molecule has 2 heterocycles. The number of benzene rings is 1. The number of carbonyl (C=O) groups is 1. The van der Waals surface area contributed by atoms with Gasteiger partial charge in [0.05, 0.1) is 45.8 Å². The van der Waals surface area contributed by atoms with Crippen LogP contribution in [0.15, 0.2) is 24.3 Å². The van der Waals surface area contributed by atoms with Crippen LogP contribution in [-0.4, -0.2) is 56.6 Å². The molecule has 5 heteroatoms. The third-order valence-electron chi connectivity index (χ3n) is 5.69. The summed E-state index contributed by atoms with van der Waals surface area (Å²) in [6, 6.07) is 8.15. The fourth-order valence-corrected chi connectivity index (χ4v) is 4.12. The van der Waals surface area contributed by atoms with Crippen LogP contribution in [0.25, 0.3) is 0 Å². The minimum atomic E-state index is 0.252. The Morgan fingerprint density at radius 2 is 1.71 bits per heavy atom. The smallest absolute Gasteiger partial charge is 0.226 e. The predicted octanol–water partition coefficient (Wildman–Crippen LogP) is -0.118. The Labute approximate surface area is 150 Å². The van der Waals surface area contributed by atoms with Crippen LogP contribution >= 0.6 is 11.6 Å². The molecule has 2 fully saturated rings. The van der Waals surface area contributed by atoms with Gasteiger partial charge in [-0.25, -0.2) is 0 Å². The van der Waals surface area contributed by atoms with Crippen molar-refractivity contribution < 1.29 is 14.6 Å². The van der Waals surface area contributed by atoms with Gasteiger partial charge in [0.25, 0.3) is 0 Å². The van der Waals surface area contributed by atoms with Gasteiger partial charge in [0.15, 0.2) is 0 Å². The molecular weight excluding hydrogens is 322 g/mol. The monoisotopic (exact) mass is 351 g/mol. The summed E-state index contributed by atoms with van der Waals surface area (Å²) in [6.07, 6.45) is 2.06. The zero-order valence-electron chi connectivity index (χ0n) is 14.7. The zero-order valence-corrected chi connectivity index (χ0v) is 15.4. The molecule has 132 valence electrons. The lowest BCUT2D eigenvalue weighted by Crippen LogP contribution is -3.14. The SMILES string of the molecule is CC[NH+]1CCN(C(=O)C2CC[NH+](Cc3ccc(Cl)cc3)CC2)CC1. The summed E-state index contributed by atoms with van der Waals surface area (Å²) in [4.78, 5) is 18.1. The van der Waals surface area contributed by atoms with E-state index in [1.54, 1.807) is 9.80 Å². The number of nitrogens with zero attached hydrogens (tertiary/aromatic N) is 1. The molecule has 2 N–H and O–H groups in total. The number of rotatable bonds is 4. The van der Waals surface area contributed by atoms with Gasteiger partial charge in [0, 0.05) is 29.3 Å². The van der Waals surface area contributed by atoms with Crippen LogP contribution in [0.5, 0.6) is 0 Å². The van der Waals surface area contributed by atoms with Crippen LogP contribution in [0.1, 0.15) is 25.3 Å². The lowest BCUT2D eigenvalue weighted by atomic mass is 9.94. The summed E-state index contributed by atoms with van der Waals surface area (Å²) in [5.74, 6) is 0.665. The minimum Gasteiger partial charge on any atom is -0.332 e. The Hall–Kier alpha value is -1.10. The van der Waals surface area contributed by atoms with E-state index in [-0.39, 0.29) is 5.92 Å². The third-order valence-corrected chi connectivity index (χ3v) is 5.94. The van der Waals surface area contributed by atoms with Gasteiger partial charge in [-0.1, -0.05) is 23.7 Å². The molecule has 1 aromatic carbocycles. The van der Waals surface area contributed by atoms with Gasteiger partial charge in [0.2, 0.25) is 5.91 Å². The zero-order chi connectivity index (χ0) is 16.9. The van der Waals surface area contributed by atoms with Gasteiger partial charge in [-0.15, -0.1) is 0 Å². The van der Waals surface area contributed by atoms with Crippen molar-refractivity contribution in [1.29, 1.82) is 0 Å².